The summed E-state index contributed by atoms with van der Waals surface area (Å²) in [5, 5.41) is 2.73. The lowest BCUT2D eigenvalue weighted by Crippen LogP contribution is -2.39. The second-order valence-electron chi connectivity index (χ2n) is 5.87. The highest BCUT2D eigenvalue weighted by Gasteiger charge is 2.13. The zero-order valence-corrected chi connectivity index (χ0v) is 15.4. The number of carbonyl (C=O) groups is 2. The molecule has 2 rings (SSSR count). The van der Waals surface area contributed by atoms with Crippen LogP contribution in [-0.2, 0) is 16.1 Å². The molecule has 0 saturated carbocycles. The Balaban J connectivity index is 1.88. The van der Waals surface area contributed by atoms with Gasteiger partial charge in [-0.1, -0.05) is 24.3 Å². The smallest absolute Gasteiger partial charge is 0.247 e. The van der Waals surface area contributed by atoms with Gasteiger partial charge in [-0.15, -0.1) is 0 Å². The fourth-order valence-electron chi connectivity index (χ4n) is 2.40. The van der Waals surface area contributed by atoms with Crippen molar-refractivity contribution in [2.75, 3.05) is 20.2 Å². The molecule has 0 heterocycles. The van der Waals surface area contributed by atoms with E-state index in [1.807, 2.05) is 31.2 Å². The Morgan fingerprint density at radius 3 is 2.59 bits per heavy atom. The molecule has 6 heteroatoms. The Bertz CT molecular complexity index is 803. The quantitative estimate of drug-likeness (QED) is 0.727. The van der Waals surface area contributed by atoms with E-state index in [2.05, 4.69) is 5.32 Å². The van der Waals surface area contributed by atoms with Crippen LogP contribution < -0.4 is 10.1 Å². The van der Waals surface area contributed by atoms with Gasteiger partial charge in [0.25, 0.3) is 0 Å². The Labute approximate surface area is 158 Å². The van der Waals surface area contributed by atoms with Gasteiger partial charge < -0.3 is 15.0 Å². The van der Waals surface area contributed by atoms with Crippen LogP contribution in [0.25, 0.3) is 6.08 Å². The first-order chi connectivity index (χ1) is 13.0. The third-order valence-electron chi connectivity index (χ3n) is 3.94. The minimum absolute atomic E-state index is 0.0427. The van der Waals surface area contributed by atoms with E-state index in [1.165, 1.54) is 23.1 Å². The average Bonchev–Trinajstić information content (AvgIpc) is 2.70. The average molecular weight is 370 g/mol. The summed E-state index contributed by atoms with van der Waals surface area (Å²) in [5.41, 5.74) is 1.62. The predicted octanol–water partition coefficient (Wildman–Crippen LogP) is 3.01. The van der Waals surface area contributed by atoms with Crippen molar-refractivity contribution >= 4 is 17.9 Å². The number of halogens is 1. The van der Waals surface area contributed by atoms with Gasteiger partial charge in [0.15, 0.2) is 0 Å². The zero-order chi connectivity index (χ0) is 19.6. The minimum Gasteiger partial charge on any atom is -0.497 e. The number of amides is 2. The van der Waals surface area contributed by atoms with Crippen molar-refractivity contribution < 1.29 is 18.7 Å². The van der Waals surface area contributed by atoms with Gasteiger partial charge in [-0.25, -0.2) is 4.39 Å². The largest absolute Gasteiger partial charge is 0.497 e. The summed E-state index contributed by atoms with van der Waals surface area (Å²) in [4.78, 5) is 25.9. The lowest BCUT2D eigenvalue weighted by molar-refractivity contribution is -0.132. The lowest BCUT2D eigenvalue weighted by atomic mass is 10.2. The monoisotopic (exact) mass is 370 g/mol. The molecule has 0 saturated heterocycles. The van der Waals surface area contributed by atoms with Gasteiger partial charge in [-0.05, 0) is 48.4 Å². The number of methoxy groups -OCH3 is 1. The first kappa shape index (κ1) is 20.2. The normalized spacial score (nSPS) is 10.6. The number of hydrogen-bond acceptors (Lipinski definition) is 3. The molecule has 0 atom stereocenters. The molecule has 1 N–H and O–H groups in total. The molecular formula is C21H23FN2O3. The highest BCUT2D eigenvalue weighted by Crippen LogP contribution is 2.13. The van der Waals surface area contributed by atoms with E-state index in [-0.39, 0.29) is 30.7 Å². The van der Waals surface area contributed by atoms with Crippen LogP contribution in [0.1, 0.15) is 18.1 Å². The van der Waals surface area contributed by atoms with E-state index in [1.54, 1.807) is 25.3 Å². The number of rotatable bonds is 8. The summed E-state index contributed by atoms with van der Waals surface area (Å²) in [7, 11) is 1.58. The second kappa shape index (κ2) is 10.1. The summed E-state index contributed by atoms with van der Waals surface area (Å²) in [6, 6.07) is 13.2. The Morgan fingerprint density at radius 1 is 1.19 bits per heavy atom. The van der Waals surface area contributed by atoms with Crippen molar-refractivity contribution in [2.45, 2.75) is 13.5 Å². The minimum atomic E-state index is -0.323. The zero-order valence-electron chi connectivity index (χ0n) is 15.4. The molecule has 2 aromatic carbocycles. The summed E-state index contributed by atoms with van der Waals surface area (Å²) in [6.07, 6.45) is 3.12. The molecule has 0 aliphatic rings. The van der Waals surface area contributed by atoms with Gasteiger partial charge in [-0.2, -0.15) is 0 Å². The molecule has 0 unspecified atom stereocenters. The highest BCUT2D eigenvalue weighted by molar-refractivity contribution is 5.94. The fraction of sp³-hybridized carbons (Fsp3) is 0.238. The first-order valence-corrected chi connectivity index (χ1v) is 8.64. The maximum Gasteiger partial charge on any atom is 0.247 e. The van der Waals surface area contributed by atoms with Crippen LogP contribution in [0.3, 0.4) is 0 Å². The predicted molar refractivity (Wildman–Crippen MR) is 103 cm³/mol. The van der Waals surface area contributed by atoms with E-state index in [0.29, 0.717) is 12.3 Å². The number of benzene rings is 2. The van der Waals surface area contributed by atoms with Crippen LogP contribution in [0.4, 0.5) is 4.39 Å². The van der Waals surface area contributed by atoms with Gasteiger partial charge in [0.1, 0.15) is 11.6 Å². The number of nitrogens with zero attached hydrogens (tertiary/aromatic N) is 1. The van der Waals surface area contributed by atoms with Crippen molar-refractivity contribution in [3.05, 3.63) is 71.6 Å². The molecule has 0 fully saturated rings. The maximum atomic E-state index is 12.9. The molecule has 5 nitrogen and oxygen atoms in total. The second-order valence-corrected chi connectivity index (χ2v) is 5.87. The summed E-state index contributed by atoms with van der Waals surface area (Å²) >= 11 is 0. The summed E-state index contributed by atoms with van der Waals surface area (Å²) in [6.45, 7) is 2.46. The van der Waals surface area contributed by atoms with E-state index in [4.69, 9.17) is 4.74 Å². The maximum absolute atomic E-state index is 12.9. The van der Waals surface area contributed by atoms with E-state index >= 15 is 0 Å². The topological polar surface area (TPSA) is 58.6 Å². The van der Waals surface area contributed by atoms with Crippen molar-refractivity contribution in [2.24, 2.45) is 0 Å². The first-order valence-electron chi connectivity index (χ1n) is 8.64. The van der Waals surface area contributed by atoms with Crippen LogP contribution in [0.2, 0.25) is 0 Å². The van der Waals surface area contributed by atoms with Crippen molar-refractivity contribution in [3.63, 3.8) is 0 Å². The van der Waals surface area contributed by atoms with Crippen LogP contribution >= 0.6 is 0 Å². The number of hydrogen-bond donors (Lipinski definition) is 1. The number of carbonyl (C=O) groups excluding carboxylic acids is 2. The third-order valence-corrected chi connectivity index (χ3v) is 3.94. The van der Waals surface area contributed by atoms with Gasteiger partial charge in [0.05, 0.1) is 13.7 Å². The van der Waals surface area contributed by atoms with Crippen LogP contribution in [-0.4, -0.2) is 36.9 Å². The van der Waals surface area contributed by atoms with Crippen LogP contribution in [0.15, 0.2) is 54.6 Å². The van der Waals surface area contributed by atoms with E-state index in [0.717, 1.165) is 11.1 Å². The van der Waals surface area contributed by atoms with E-state index in [9.17, 15) is 14.0 Å². The molecule has 2 aromatic rings. The van der Waals surface area contributed by atoms with Crippen LogP contribution in [0, 0.1) is 5.82 Å². The van der Waals surface area contributed by atoms with Gasteiger partial charge >= 0.3 is 0 Å². The summed E-state index contributed by atoms with van der Waals surface area (Å²) in [5.74, 6) is -0.144. The van der Waals surface area contributed by atoms with E-state index < -0.39 is 0 Å². The van der Waals surface area contributed by atoms with Crippen molar-refractivity contribution in [1.82, 2.24) is 10.2 Å². The van der Waals surface area contributed by atoms with Gasteiger partial charge in [-0.3, -0.25) is 9.59 Å². The number of likely N-dealkylation sites (N-methyl/N-ethyl adjacent to an activating group) is 1. The molecule has 0 aliphatic carbocycles. The van der Waals surface area contributed by atoms with Crippen LogP contribution in [0.5, 0.6) is 5.75 Å². The SMILES string of the molecule is CCN(CC(=O)NCc1ccc(F)cc1)C(=O)/C=C/c1cccc(OC)c1. The summed E-state index contributed by atoms with van der Waals surface area (Å²) < 4.78 is 18.0. The highest BCUT2D eigenvalue weighted by atomic mass is 19.1. The Hall–Kier alpha value is -3.15. The fourth-order valence-corrected chi connectivity index (χ4v) is 2.40. The molecule has 0 spiro atoms. The molecule has 0 radical (unpaired) electrons. The molecule has 0 aliphatic heterocycles. The van der Waals surface area contributed by atoms with Gasteiger partial charge in [0, 0.05) is 19.2 Å². The lowest BCUT2D eigenvalue weighted by Gasteiger charge is -2.18. The standard InChI is InChI=1S/C21H23FN2O3/c1-3-24(15-20(25)23-14-17-7-10-18(22)11-8-17)21(26)12-9-16-5-4-6-19(13-16)27-2/h4-13H,3,14-15H2,1-2H3,(H,23,25)/b12-9+. The Morgan fingerprint density at radius 2 is 1.93 bits per heavy atom. The molecule has 27 heavy (non-hydrogen) atoms. The molecule has 2 amide bonds. The molecule has 0 bridgehead atoms. The van der Waals surface area contributed by atoms with Crippen molar-refractivity contribution in [1.29, 1.82) is 0 Å². The molecule has 0 aromatic heterocycles. The molecule has 142 valence electrons. The van der Waals surface area contributed by atoms with Gasteiger partial charge in [0.2, 0.25) is 11.8 Å². The number of nitrogens with one attached hydrogen (secondary N) is 1. The third kappa shape index (κ3) is 6.58. The molecular weight excluding hydrogens is 347 g/mol. The van der Waals surface area contributed by atoms with Crippen molar-refractivity contribution in [3.8, 4) is 5.75 Å². The number of ether oxygens (including phenoxy) is 1. The Kier molecular flexibility index (Phi) is 7.55.